The molecule has 8 nitrogen and oxygen atoms in total. The lowest BCUT2D eigenvalue weighted by Crippen LogP contribution is -2.35. The zero-order valence-corrected chi connectivity index (χ0v) is 15.4. The van der Waals surface area contributed by atoms with E-state index in [-0.39, 0.29) is 17.0 Å². The Kier molecular flexibility index (Phi) is 5.27. The average Bonchev–Trinajstić information content (AvgIpc) is 2.67. The molecule has 1 aliphatic rings. The molecular formula is C19H21N3O5. The highest BCUT2D eigenvalue weighted by atomic mass is 16.5. The Morgan fingerprint density at radius 1 is 1.41 bits per heavy atom. The number of esters is 1. The Morgan fingerprint density at radius 2 is 2.19 bits per heavy atom. The summed E-state index contributed by atoms with van der Waals surface area (Å²) in [6.07, 6.45) is 3.20. The van der Waals surface area contributed by atoms with Gasteiger partial charge in [0.15, 0.2) is 0 Å². The molecule has 0 amide bonds. The molecule has 0 radical (unpaired) electrons. The standard InChI is InChI=1S/C19H21N3O5/c1-11-9-13-15(18(23)22(11)7-8-25-2)14(12-5-4-6-21-10-12)16(17(20)27-13)19(24)26-3/h4-6,9-10,14H,7-8,20H2,1-3H3/t14-/m0/s1. The van der Waals surface area contributed by atoms with Crippen molar-refractivity contribution in [3.8, 4) is 5.75 Å². The van der Waals surface area contributed by atoms with E-state index in [1.165, 1.54) is 7.11 Å². The SMILES string of the molecule is COCCn1c(C)cc2c(c1=O)[C@H](c1cccnc1)C(C(=O)OC)=C(N)O2. The van der Waals surface area contributed by atoms with Gasteiger partial charge in [-0.25, -0.2) is 4.79 Å². The highest BCUT2D eigenvalue weighted by Gasteiger charge is 2.38. The van der Waals surface area contributed by atoms with Crippen molar-refractivity contribution < 1.29 is 19.0 Å². The fraction of sp³-hybridized carbons (Fsp3) is 0.316. The summed E-state index contributed by atoms with van der Waals surface area (Å²) >= 11 is 0. The summed E-state index contributed by atoms with van der Waals surface area (Å²) in [7, 11) is 2.82. The molecule has 27 heavy (non-hydrogen) atoms. The monoisotopic (exact) mass is 371 g/mol. The van der Waals surface area contributed by atoms with Gasteiger partial charge in [-0.15, -0.1) is 0 Å². The molecule has 0 saturated heterocycles. The van der Waals surface area contributed by atoms with Crippen LogP contribution in [0.5, 0.6) is 5.75 Å². The number of nitrogens with two attached hydrogens (primary N) is 1. The summed E-state index contributed by atoms with van der Waals surface area (Å²) in [4.78, 5) is 29.8. The molecule has 0 saturated carbocycles. The molecule has 0 spiro atoms. The van der Waals surface area contributed by atoms with Crippen molar-refractivity contribution in [3.63, 3.8) is 0 Å². The van der Waals surface area contributed by atoms with Crippen LogP contribution in [0.25, 0.3) is 0 Å². The minimum Gasteiger partial charge on any atom is -0.465 e. The van der Waals surface area contributed by atoms with Gasteiger partial charge in [-0.05, 0) is 18.6 Å². The van der Waals surface area contributed by atoms with Crippen molar-refractivity contribution in [1.82, 2.24) is 9.55 Å². The second kappa shape index (κ2) is 7.63. The summed E-state index contributed by atoms with van der Waals surface area (Å²) in [5.74, 6) is -1.16. The Hall–Kier alpha value is -3.13. The van der Waals surface area contributed by atoms with Crippen molar-refractivity contribution in [3.05, 3.63) is 69.2 Å². The van der Waals surface area contributed by atoms with E-state index < -0.39 is 11.9 Å². The third-order valence-electron chi connectivity index (χ3n) is 4.51. The minimum absolute atomic E-state index is 0.0808. The van der Waals surface area contributed by atoms with Crippen LogP contribution in [-0.2, 0) is 20.8 Å². The Balaban J connectivity index is 2.28. The molecule has 3 heterocycles. The van der Waals surface area contributed by atoms with Gasteiger partial charge >= 0.3 is 5.97 Å². The van der Waals surface area contributed by atoms with Gasteiger partial charge in [0.25, 0.3) is 5.56 Å². The Morgan fingerprint density at radius 3 is 2.81 bits per heavy atom. The van der Waals surface area contributed by atoms with E-state index in [4.69, 9.17) is 19.9 Å². The first-order valence-corrected chi connectivity index (χ1v) is 8.38. The molecule has 1 atom stereocenters. The first-order chi connectivity index (χ1) is 13.0. The number of methoxy groups -OCH3 is 2. The van der Waals surface area contributed by atoms with Crippen LogP contribution in [0.4, 0.5) is 0 Å². The number of hydrogen-bond donors (Lipinski definition) is 1. The molecule has 2 aromatic rings. The molecule has 1 aliphatic heterocycles. The smallest absolute Gasteiger partial charge is 0.340 e. The Bertz CT molecular complexity index is 950. The van der Waals surface area contributed by atoms with Crippen LogP contribution in [0, 0.1) is 6.92 Å². The molecular weight excluding hydrogens is 350 g/mol. The number of pyridine rings is 2. The Labute approximate surface area is 156 Å². The number of carbonyl (C=O) groups is 1. The number of fused-ring (bicyclic) bond motifs is 1. The molecule has 0 bridgehead atoms. The maximum absolute atomic E-state index is 13.3. The maximum atomic E-state index is 13.3. The number of carbonyl (C=O) groups excluding carboxylic acids is 1. The van der Waals surface area contributed by atoms with E-state index in [0.29, 0.717) is 35.7 Å². The lowest BCUT2D eigenvalue weighted by molar-refractivity contribution is -0.136. The molecule has 8 heteroatoms. The fourth-order valence-corrected chi connectivity index (χ4v) is 3.24. The van der Waals surface area contributed by atoms with Crippen molar-refractivity contribution in [2.24, 2.45) is 5.73 Å². The summed E-state index contributed by atoms with van der Waals surface area (Å²) in [6, 6.07) is 5.24. The van der Waals surface area contributed by atoms with Crippen molar-refractivity contribution in [2.45, 2.75) is 19.4 Å². The topological polar surface area (TPSA) is 106 Å². The van der Waals surface area contributed by atoms with Crippen LogP contribution in [0.2, 0.25) is 0 Å². The molecule has 2 N–H and O–H groups in total. The second-order valence-corrected chi connectivity index (χ2v) is 6.10. The lowest BCUT2D eigenvalue weighted by Gasteiger charge is -2.28. The van der Waals surface area contributed by atoms with Gasteiger partial charge in [-0.3, -0.25) is 9.78 Å². The van der Waals surface area contributed by atoms with Gasteiger partial charge in [0.1, 0.15) is 11.3 Å². The molecule has 0 fully saturated rings. The quantitative estimate of drug-likeness (QED) is 0.784. The highest BCUT2D eigenvalue weighted by Crippen LogP contribution is 2.40. The van der Waals surface area contributed by atoms with Crippen LogP contribution >= 0.6 is 0 Å². The molecule has 0 unspecified atom stereocenters. The number of nitrogens with zero attached hydrogens (tertiary/aromatic N) is 2. The van der Waals surface area contributed by atoms with Gasteiger partial charge in [0, 0.05) is 37.8 Å². The van der Waals surface area contributed by atoms with Crippen LogP contribution in [-0.4, -0.2) is 36.3 Å². The summed E-state index contributed by atoms with van der Waals surface area (Å²) in [6.45, 7) is 2.55. The van der Waals surface area contributed by atoms with E-state index in [9.17, 15) is 9.59 Å². The maximum Gasteiger partial charge on any atom is 0.340 e. The van der Waals surface area contributed by atoms with Crippen molar-refractivity contribution >= 4 is 5.97 Å². The largest absolute Gasteiger partial charge is 0.465 e. The van der Waals surface area contributed by atoms with Crippen LogP contribution in [0.3, 0.4) is 0 Å². The zero-order valence-electron chi connectivity index (χ0n) is 15.4. The second-order valence-electron chi connectivity index (χ2n) is 6.10. The lowest BCUT2D eigenvalue weighted by atomic mass is 9.84. The summed E-state index contributed by atoms with van der Waals surface area (Å²) in [5.41, 5.74) is 7.50. The molecule has 2 aromatic heterocycles. The van der Waals surface area contributed by atoms with Gasteiger partial charge < -0.3 is 24.5 Å². The highest BCUT2D eigenvalue weighted by molar-refractivity contribution is 5.92. The van der Waals surface area contributed by atoms with E-state index in [2.05, 4.69) is 4.98 Å². The van der Waals surface area contributed by atoms with Crippen LogP contribution in [0.1, 0.15) is 22.7 Å². The number of rotatable bonds is 5. The summed E-state index contributed by atoms with van der Waals surface area (Å²) < 4.78 is 17.2. The van der Waals surface area contributed by atoms with Crippen LogP contribution < -0.4 is 16.0 Å². The van der Waals surface area contributed by atoms with Gasteiger partial charge in [0.2, 0.25) is 5.88 Å². The molecule has 0 aromatic carbocycles. The number of hydrogen-bond acceptors (Lipinski definition) is 7. The normalized spacial score (nSPS) is 15.9. The first-order valence-electron chi connectivity index (χ1n) is 8.38. The predicted octanol–water partition coefficient (Wildman–Crippen LogP) is 1.07. The van der Waals surface area contributed by atoms with E-state index >= 15 is 0 Å². The number of aromatic nitrogens is 2. The van der Waals surface area contributed by atoms with E-state index in [1.54, 1.807) is 49.2 Å². The first kappa shape index (κ1) is 18.7. The van der Waals surface area contributed by atoms with Gasteiger partial charge in [-0.1, -0.05) is 6.07 Å². The van der Waals surface area contributed by atoms with Crippen LogP contribution in [0.15, 0.2) is 46.8 Å². The predicted molar refractivity (Wildman–Crippen MR) is 97.3 cm³/mol. The van der Waals surface area contributed by atoms with Gasteiger partial charge in [0.05, 0.1) is 25.2 Å². The number of ether oxygens (including phenoxy) is 3. The minimum atomic E-state index is -0.739. The fourth-order valence-electron chi connectivity index (χ4n) is 3.24. The average molecular weight is 371 g/mol. The van der Waals surface area contributed by atoms with Crippen molar-refractivity contribution in [1.29, 1.82) is 0 Å². The van der Waals surface area contributed by atoms with Gasteiger partial charge in [-0.2, -0.15) is 0 Å². The molecule has 0 aliphatic carbocycles. The third kappa shape index (κ3) is 3.31. The van der Waals surface area contributed by atoms with E-state index in [0.717, 1.165) is 0 Å². The van der Waals surface area contributed by atoms with Crippen molar-refractivity contribution in [2.75, 3.05) is 20.8 Å². The molecule has 3 rings (SSSR count). The number of aryl methyl sites for hydroxylation is 1. The zero-order chi connectivity index (χ0) is 19.6. The molecule has 142 valence electrons. The summed E-state index contributed by atoms with van der Waals surface area (Å²) in [5, 5.41) is 0. The third-order valence-corrected chi connectivity index (χ3v) is 4.51. The van der Waals surface area contributed by atoms with E-state index in [1.807, 2.05) is 0 Å².